The first-order chi connectivity index (χ1) is 14.0. The van der Waals surface area contributed by atoms with Gasteiger partial charge in [-0.2, -0.15) is 5.10 Å². The predicted molar refractivity (Wildman–Crippen MR) is 112 cm³/mol. The zero-order valence-corrected chi connectivity index (χ0v) is 16.7. The molecule has 1 amide bonds. The van der Waals surface area contributed by atoms with Crippen molar-refractivity contribution in [3.63, 3.8) is 0 Å². The quantitative estimate of drug-likeness (QED) is 0.217. The molecule has 0 unspecified atom stereocenters. The van der Waals surface area contributed by atoms with E-state index in [1.807, 2.05) is 0 Å². The number of H-pyrrole nitrogens is 1. The minimum absolute atomic E-state index is 0.0151. The zero-order valence-electron chi connectivity index (χ0n) is 15.1. The second-order valence-electron chi connectivity index (χ2n) is 6.00. The molecule has 3 aromatic rings. The van der Waals surface area contributed by atoms with Gasteiger partial charge in [0.2, 0.25) is 5.91 Å². The van der Waals surface area contributed by atoms with Crippen LogP contribution >= 0.6 is 23.8 Å². The average Bonchev–Trinajstić information content (AvgIpc) is 3.06. The van der Waals surface area contributed by atoms with Crippen LogP contribution in [-0.4, -0.2) is 38.7 Å². The summed E-state index contributed by atoms with van der Waals surface area (Å²) in [4.78, 5) is 22.9. The maximum absolute atomic E-state index is 12.3. The number of nitro benzene ring substituents is 1. The van der Waals surface area contributed by atoms with Crippen molar-refractivity contribution < 1.29 is 9.72 Å². The number of hydrogen-bond acceptors (Lipinski definition) is 6. The molecule has 2 aromatic carbocycles. The van der Waals surface area contributed by atoms with Crippen molar-refractivity contribution in [1.29, 1.82) is 0 Å². The van der Waals surface area contributed by atoms with Crippen molar-refractivity contribution in [2.45, 2.75) is 6.54 Å². The summed E-state index contributed by atoms with van der Waals surface area (Å²) in [5.74, 6) is 0.266. The highest BCUT2D eigenvalue weighted by molar-refractivity contribution is 7.71. The molecular formula is C18H17ClN6O3S. The number of aromatic nitrogens is 3. The van der Waals surface area contributed by atoms with E-state index >= 15 is 0 Å². The summed E-state index contributed by atoms with van der Waals surface area (Å²) < 4.78 is 1.91. The molecular weight excluding hydrogens is 416 g/mol. The minimum atomic E-state index is -0.458. The van der Waals surface area contributed by atoms with Crippen molar-refractivity contribution in [2.24, 2.45) is 0 Å². The third-order valence-electron chi connectivity index (χ3n) is 4.03. The highest BCUT2D eigenvalue weighted by atomic mass is 35.5. The fourth-order valence-electron chi connectivity index (χ4n) is 2.66. The SMILES string of the molecule is O=C(Cn1c(-c2ccc(Cl)cc2)n[nH]c1=S)NCCNc1ccccc1[N+](=O)[O-]. The molecule has 3 rings (SSSR count). The Morgan fingerprint density at radius 2 is 1.93 bits per heavy atom. The third kappa shape index (κ3) is 5.18. The number of rotatable bonds is 8. The van der Waals surface area contributed by atoms with Gasteiger partial charge in [-0.1, -0.05) is 23.7 Å². The van der Waals surface area contributed by atoms with E-state index in [0.717, 1.165) is 5.56 Å². The van der Waals surface area contributed by atoms with E-state index in [2.05, 4.69) is 20.8 Å². The summed E-state index contributed by atoms with van der Waals surface area (Å²) in [6, 6.07) is 13.4. The Morgan fingerprint density at radius 1 is 1.21 bits per heavy atom. The number of nitro groups is 1. The van der Waals surface area contributed by atoms with Crippen molar-refractivity contribution in [3.05, 3.63) is 68.4 Å². The van der Waals surface area contributed by atoms with Crippen LogP contribution in [0.2, 0.25) is 5.02 Å². The fourth-order valence-corrected chi connectivity index (χ4v) is 2.99. The van der Waals surface area contributed by atoms with E-state index < -0.39 is 4.92 Å². The van der Waals surface area contributed by atoms with Gasteiger partial charge in [0, 0.05) is 29.7 Å². The van der Waals surface area contributed by atoms with Crippen molar-refractivity contribution in [1.82, 2.24) is 20.1 Å². The number of halogens is 1. The van der Waals surface area contributed by atoms with E-state index in [1.54, 1.807) is 47.0 Å². The Labute approximate surface area is 175 Å². The highest BCUT2D eigenvalue weighted by Gasteiger charge is 2.13. The first kappa shape index (κ1) is 20.5. The number of anilines is 1. The van der Waals surface area contributed by atoms with Crippen LogP contribution in [0.3, 0.4) is 0 Å². The summed E-state index contributed by atoms with van der Waals surface area (Å²) in [6.45, 7) is 0.600. The number of carbonyl (C=O) groups excluding carboxylic acids is 1. The fraction of sp³-hybridized carbons (Fsp3) is 0.167. The van der Waals surface area contributed by atoms with E-state index in [9.17, 15) is 14.9 Å². The molecule has 0 atom stereocenters. The van der Waals surface area contributed by atoms with E-state index in [-0.39, 0.29) is 24.7 Å². The van der Waals surface area contributed by atoms with E-state index in [4.69, 9.17) is 23.8 Å². The predicted octanol–water partition coefficient (Wildman–Crippen LogP) is 3.40. The van der Waals surface area contributed by atoms with Crippen LogP contribution in [0.5, 0.6) is 0 Å². The van der Waals surface area contributed by atoms with Crippen LogP contribution in [0.15, 0.2) is 48.5 Å². The number of nitrogens with one attached hydrogen (secondary N) is 3. The molecule has 150 valence electrons. The normalized spacial score (nSPS) is 10.5. The average molecular weight is 433 g/mol. The molecule has 0 spiro atoms. The Balaban J connectivity index is 1.57. The molecule has 9 nitrogen and oxygen atoms in total. The standard InChI is InChI=1S/C18H17ClN6O3S/c19-13-7-5-12(6-8-13)17-22-23-18(29)24(17)11-16(26)21-10-9-20-14-3-1-2-4-15(14)25(27)28/h1-8,20H,9-11H2,(H,21,26)(H,23,29). The Morgan fingerprint density at radius 3 is 2.66 bits per heavy atom. The Bertz CT molecular complexity index is 1080. The summed E-state index contributed by atoms with van der Waals surface area (Å²) in [5, 5.41) is 24.2. The maximum Gasteiger partial charge on any atom is 0.292 e. The first-order valence-electron chi connectivity index (χ1n) is 8.61. The topological polar surface area (TPSA) is 118 Å². The number of hydrogen-bond donors (Lipinski definition) is 3. The van der Waals surface area contributed by atoms with E-state index in [0.29, 0.717) is 27.9 Å². The maximum atomic E-state index is 12.3. The molecule has 0 fully saturated rings. The lowest BCUT2D eigenvalue weighted by molar-refractivity contribution is -0.384. The molecule has 1 aromatic heterocycles. The van der Waals surface area contributed by atoms with Crippen molar-refractivity contribution >= 4 is 41.1 Å². The molecule has 0 aliphatic heterocycles. The molecule has 29 heavy (non-hydrogen) atoms. The van der Waals surface area contributed by atoms with Crippen LogP contribution in [-0.2, 0) is 11.3 Å². The first-order valence-corrected chi connectivity index (χ1v) is 9.39. The van der Waals surface area contributed by atoms with Crippen LogP contribution in [0.4, 0.5) is 11.4 Å². The smallest absolute Gasteiger partial charge is 0.292 e. The Kier molecular flexibility index (Phi) is 6.57. The lowest BCUT2D eigenvalue weighted by atomic mass is 10.2. The summed E-state index contributed by atoms with van der Waals surface area (Å²) >= 11 is 11.1. The minimum Gasteiger partial charge on any atom is -0.378 e. The summed E-state index contributed by atoms with van der Waals surface area (Å²) in [6.07, 6.45) is 0. The zero-order chi connectivity index (χ0) is 20.8. The van der Waals surface area contributed by atoms with Gasteiger partial charge in [0.1, 0.15) is 12.2 Å². The molecule has 0 saturated carbocycles. The van der Waals surface area contributed by atoms with Gasteiger partial charge in [0.25, 0.3) is 5.69 Å². The molecule has 0 bridgehead atoms. The van der Waals surface area contributed by atoms with Gasteiger partial charge < -0.3 is 10.6 Å². The largest absolute Gasteiger partial charge is 0.378 e. The van der Waals surface area contributed by atoms with E-state index in [1.165, 1.54) is 6.07 Å². The molecule has 0 aliphatic carbocycles. The lowest BCUT2D eigenvalue weighted by Crippen LogP contribution is -2.32. The van der Waals surface area contributed by atoms with Crippen LogP contribution in [0.1, 0.15) is 0 Å². The molecule has 3 N–H and O–H groups in total. The number of nitrogens with zero attached hydrogens (tertiary/aromatic N) is 3. The highest BCUT2D eigenvalue weighted by Crippen LogP contribution is 2.22. The van der Waals surface area contributed by atoms with Gasteiger partial charge >= 0.3 is 0 Å². The number of aromatic amines is 1. The van der Waals surface area contributed by atoms with Crippen molar-refractivity contribution in [2.75, 3.05) is 18.4 Å². The van der Waals surface area contributed by atoms with Crippen molar-refractivity contribution in [3.8, 4) is 11.4 Å². The van der Waals surface area contributed by atoms with Crippen LogP contribution < -0.4 is 10.6 Å². The van der Waals surface area contributed by atoms with Gasteiger partial charge in [-0.3, -0.25) is 24.6 Å². The molecule has 0 radical (unpaired) electrons. The van der Waals surface area contributed by atoms with Crippen LogP contribution in [0.25, 0.3) is 11.4 Å². The lowest BCUT2D eigenvalue weighted by Gasteiger charge is -2.10. The second-order valence-corrected chi connectivity index (χ2v) is 6.82. The van der Waals surface area contributed by atoms with Gasteiger partial charge in [-0.25, -0.2) is 0 Å². The number of carbonyl (C=O) groups is 1. The van der Waals surface area contributed by atoms with Gasteiger partial charge in [-0.05, 0) is 42.5 Å². The monoisotopic (exact) mass is 432 g/mol. The van der Waals surface area contributed by atoms with Gasteiger partial charge in [-0.15, -0.1) is 0 Å². The van der Waals surface area contributed by atoms with Gasteiger partial charge in [0.05, 0.1) is 4.92 Å². The molecule has 11 heteroatoms. The number of para-hydroxylation sites is 2. The molecule has 0 saturated heterocycles. The summed E-state index contributed by atoms with van der Waals surface area (Å²) in [5.41, 5.74) is 1.15. The number of benzene rings is 2. The summed E-state index contributed by atoms with van der Waals surface area (Å²) in [7, 11) is 0. The molecule has 1 heterocycles. The van der Waals surface area contributed by atoms with Gasteiger partial charge in [0.15, 0.2) is 10.6 Å². The molecule has 0 aliphatic rings. The Hall–Kier alpha value is -3.24. The third-order valence-corrected chi connectivity index (χ3v) is 4.59. The second kappa shape index (κ2) is 9.30. The van der Waals surface area contributed by atoms with Crippen LogP contribution in [0, 0.1) is 14.9 Å². The number of amides is 1.